The molecule has 1 aliphatic rings. The van der Waals surface area contributed by atoms with Crippen LogP contribution in [0.25, 0.3) is 0 Å². The molecule has 3 nitrogen and oxygen atoms in total. The minimum atomic E-state index is -0.944. The molecule has 14 heavy (non-hydrogen) atoms. The number of nitrogens with one attached hydrogen (secondary N) is 1. The van der Waals surface area contributed by atoms with E-state index in [1.165, 1.54) is 6.07 Å². The van der Waals surface area contributed by atoms with Crippen molar-refractivity contribution in [2.75, 3.05) is 5.32 Å². The van der Waals surface area contributed by atoms with Gasteiger partial charge in [-0.3, -0.25) is 0 Å². The molecule has 0 saturated heterocycles. The van der Waals surface area contributed by atoms with E-state index in [1.54, 1.807) is 6.07 Å². The zero-order valence-corrected chi connectivity index (χ0v) is 7.67. The average molecular weight is 195 g/mol. The Hall–Kier alpha value is -1.58. The van der Waals surface area contributed by atoms with Gasteiger partial charge < -0.3 is 10.4 Å². The second-order valence-corrected chi connectivity index (χ2v) is 3.46. The maximum atomic E-state index is 13.3. The molecule has 74 valence electrons. The van der Waals surface area contributed by atoms with Gasteiger partial charge in [0, 0.05) is 17.7 Å². The molecule has 1 heterocycles. The molecule has 2 rings (SSSR count). The van der Waals surface area contributed by atoms with Crippen LogP contribution in [0.1, 0.15) is 11.1 Å². The molecule has 1 atom stereocenters. The molecular formula is C10H10FNO2. The Morgan fingerprint density at radius 1 is 1.64 bits per heavy atom. The summed E-state index contributed by atoms with van der Waals surface area (Å²) in [6, 6.07) is 2.33. The van der Waals surface area contributed by atoms with E-state index in [0.717, 1.165) is 5.56 Å². The Kier molecular flexibility index (Phi) is 1.91. The lowest BCUT2D eigenvalue weighted by Crippen LogP contribution is -2.26. The second-order valence-electron chi connectivity index (χ2n) is 3.46. The van der Waals surface area contributed by atoms with E-state index in [2.05, 4.69) is 5.32 Å². The summed E-state index contributed by atoms with van der Waals surface area (Å²) in [4.78, 5) is 10.7. The SMILES string of the molecule is Cc1ccc(F)c2c1NC(C(=O)O)C2. The number of anilines is 1. The zero-order chi connectivity index (χ0) is 10.3. The summed E-state index contributed by atoms with van der Waals surface area (Å²) < 4.78 is 13.3. The largest absolute Gasteiger partial charge is 0.480 e. The molecule has 0 bridgehead atoms. The minimum Gasteiger partial charge on any atom is -0.480 e. The van der Waals surface area contributed by atoms with E-state index in [-0.39, 0.29) is 12.2 Å². The van der Waals surface area contributed by atoms with Crippen LogP contribution in [0.3, 0.4) is 0 Å². The number of hydrogen-bond acceptors (Lipinski definition) is 2. The van der Waals surface area contributed by atoms with Crippen LogP contribution in [0, 0.1) is 12.7 Å². The van der Waals surface area contributed by atoms with Gasteiger partial charge in [0.25, 0.3) is 0 Å². The summed E-state index contributed by atoms with van der Waals surface area (Å²) in [7, 11) is 0. The Balaban J connectivity index is 2.43. The van der Waals surface area contributed by atoms with Gasteiger partial charge in [-0.25, -0.2) is 9.18 Å². The van der Waals surface area contributed by atoms with Crippen LogP contribution in [0.15, 0.2) is 12.1 Å². The van der Waals surface area contributed by atoms with Gasteiger partial charge >= 0.3 is 5.97 Å². The second kappa shape index (κ2) is 2.97. The van der Waals surface area contributed by atoms with Gasteiger partial charge in [-0.2, -0.15) is 0 Å². The standard InChI is InChI=1S/C10H10FNO2/c1-5-2-3-7(11)6-4-8(10(13)14)12-9(5)6/h2-3,8,12H,4H2,1H3,(H,13,14). The molecule has 0 aromatic heterocycles. The monoisotopic (exact) mass is 195 g/mol. The van der Waals surface area contributed by atoms with Gasteiger partial charge in [-0.1, -0.05) is 6.07 Å². The third-order valence-electron chi connectivity index (χ3n) is 2.49. The Bertz CT molecular complexity index is 372. The number of aryl methyl sites for hydroxylation is 1. The molecule has 0 amide bonds. The zero-order valence-electron chi connectivity index (χ0n) is 7.67. The predicted molar refractivity (Wildman–Crippen MR) is 49.9 cm³/mol. The van der Waals surface area contributed by atoms with Crippen molar-refractivity contribution >= 4 is 11.7 Å². The van der Waals surface area contributed by atoms with E-state index in [4.69, 9.17) is 5.11 Å². The van der Waals surface area contributed by atoms with Gasteiger partial charge in [-0.05, 0) is 18.6 Å². The number of benzene rings is 1. The molecule has 1 aromatic rings. The van der Waals surface area contributed by atoms with E-state index in [0.29, 0.717) is 11.3 Å². The number of halogens is 1. The van der Waals surface area contributed by atoms with Gasteiger partial charge in [0.15, 0.2) is 0 Å². The Labute approximate surface area is 80.6 Å². The lowest BCUT2D eigenvalue weighted by molar-refractivity contribution is -0.137. The van der Waals surface area contributed by atoms with Crippen LogP contribution in [-0.2, 0) is 11.2 Å². The normalized spacial score (nSPS) is 18.9. The van der Waals surface area contributed by atoms with Crippen LogP contribution in [0.4, 0.5) is 10.1 Å². The molecule has 2 N–H and O–H groups in total. The van der Waals surface area contributed by atoms with Crippen molar-refractivity contribution in [2.24, 2.45) is 0 Å². The third-order valence-corrected chi connectivity index (χ3v) is 2.49. The van der Waals surface area contributed by atoms with Crippen molar-refractivity contribution in [3.05, 3.63) is 29.1 Å². The number of carboxylic acid groups (broad SMARTS) is 1. The van der Waals surface area contributed by atoms with E-state index in [1.807, 2.05) is 6.92 Å². The molecule has 0 radical (unpaired) electrons. The van der Waals surface area contributed by atoms with Crippen molar-refractivity contribution < 1.29 is 14.3 Å². The molecule has 0 aliphatic carbocycles. The molecule has 1 aromatic carbocycles. The van der Waals surface area contributed by atoms with E-state index >= 15 is 0 Å². The smallest absolute Gasteiger partial charge is 0.326 e. The summed E-state index contributed by atoms with van der Waals surface area (Å²) >= 11 is 0. The quantitative estimate of drug-likeness (QED) is 0.714. The topological polar surface area (TPSA) is 49.3 Å². The number of fused-ring (bicyclic) bond motifs is 1. The Morgan fingerprint density at radius 2 is 2.36 bits per heavy atom. The van der Waals surface area contributed by atoms with E-state index in [9.17, 15) is 9.18 Å². The van der Waals surface area contributed by atoms with Crippen LogP contribution in [-0.4, -0.2) is 17.1 Å². The lowest BCUT2D eigenvalue weighted by atomic mass is 10.1. The lowest BCUT2D eigenvalue weighted by Gasteiger charge is -2.06. The molecule has 4 heteroatoms. The fourth-order valence-electron chi connectivity index (χ4n) is 1.72. The van der Waals surface area contributed by atoms with Gasteiger partial charge in [0.05, 0.1) is 0 Å². The molecule has 0 fully saturated rings. The van der Waals surface area contributed by atoms with E-state index < -0.39 is 12.0 Å². The average Bonchev–Trinajstić information content (AvgIpc) is 2.57. The fraction of sp³-hybridized carbons (Fsp3) is 0.300. The molecule has 1 aliphatic heterocycles. The predicted octanol–water partition coefficient (Wildman–Crippen LogP) is 1.56. The van der Waals surface area contributed by atoms with Crippen molar-refractivity contribution in [1.82, 2.24) is 0 Å². The highest BCUT2D eigenvalue weighted by Crippen LogP contribution is 2.31. The number of hydrogen-bond donors (Lipinski definition) is 2. The van der Waals surface area contributed by atoms with Crippen molar-refractivity contribution in [3.8, 4) is 0 Å². The van der Waals surface area contributed by atoms with Crippen molar-refractivity contribution in [1.29, 1.82) is 0 Å². The Morgan fingerprint density at radius 3 is 2.93 bits per heavy atom. The molecule has 0 saturated carbocycles. The van der Waals surface area contributed by atoms with Crippen molar-refractivity contribution in [2.45, 2.75) is 19.4 Å². The summed E-state index contributed by atoms with van der Waals surface area (Å²) in [6.45, 7) is 1.83. The minimum absolute atomic E-state index is 0.220. The van der Waals surface area contributed by atoms with Crippen molar-refractivity contribution in [3.63, 3.8) is 0 Å². The number of aliphatic carboxylic acids is 1. The fourth-order valence-corrected chi connectivity index (χ4v) is 1.72. The maximum absolute atomic E-state index is 13.3. The molecule has 1 unspecified atom stereocenters. The third kappa shape index (κ3) is 1.23. The summed E-state index contributed by atoms with van der Waals surface area (Å²) in [5, 5.41) is 11.6. The first kappa shape index (κ1) is 8.99. The van der Waals surface area contributed by atoms with Crippen LogP contribution in [0.5, 0.6) is 0 Å². The van der Waals surface area contributed by atoms with Gasteiger partial charge in [0.2, 0.25) is 0 Å². The highest BCUT2D eigenvalue weighted by atomic mass is 19.1. The van der Waals surface area contributed by atoms with Crippen LogP contribution >= 0.6 is 0 Å². The van der Waals surface area contributed by atoms with Crippen LogP contribution in [0.2, 0.25) is 0 Å². The summed E-state index contributed by atoms with van der Waals surface area (Å²) in [5.74, 6) is -1.28. The number of carbonyl (C=O) groups is 1. The number of carboxylic acids is 1. The number of rotatable bonds is 1. The molecular weight excluding hydrogens is 185 g/mol. The van der Waals surface area contributed by atoms with Crippen LogP contribution < -0.4 is 5.32 Å². The summed E-state index contributed by atoms with van der Waals surface area (Å²) in [5.41, 5.74) is 2.00. The first-order chi connectivity index (χ1) is 6.59. The molecule has 0 spiro atoms. The maximum Gasteiger partial charge on any atom is 0.326 e. The first-order valence-corrected chi connectivity index (χ1v) is 4.37. The summed E-state index contributed by atoms with van der Waals surface area (Å²) in [6.07, 6.45) is 0.220. The highest BCUT2D eigenvalue weighted by molar-refractivity contribution is 5.82. The highest BCUT2D eigenvalue weighted by Gasteiger charge is 2.29. The van der Waals surface area contributed by atoms with Gasteiger partial charge in [0.1, 0.15) is 11.9 Å². The first-order valence-electron chi connectivity index (χ1n) is 4.37. The van der Waals surface area contributed by atoms with Gasteiger partial charge in [-0.15, -0.1) is 0 Å².